The Morgan fingerprint density at radius 2 is 1.56 bits per heavy atom. The Bertz CT molecular complexity index is 2250. The topological polar surface area (TPSA) is 257 Å². The summed E-state index contributed by atoms with van der Waals surface area (Å²) in [5, 5.41) is 23.2. The van der Waals surface area contributed by atoms with E-state index in [4.69, 9.17) is 5.11 Å². The van der Waals surface area contributed by atoms with E-state index in [1.54, 1.807) is 41.0 Å². The first-order valence-corrected chi connectivity index (χ1v) is 22.8. The van der Waals surface area contributed by atoms with Crippen molar-refractivity contribution in [2.24, 2.45) is 0 Å². The second-order valence-electron chi connectivity index (χ2n) is 14.2. The molecular formula is C37H47N2O14S4-3. The van der Waals surface area contributed by atoms with E-state index in [2.05, 4.69) is 9.37 Å². The number of anilines is 1. The van der Waals surface area contributed by atoms with Gasteiger partial charge in [-0.2, -0.15) is 8.91 Å². The van der Waals surface area contributed by atoms with E-state index in [1.165, 1.54) is 18.2 Å². The number of allylic oxidation sites excluding steroid dienone is 6. The summed E-state index contributed by atoms with van der Waals surface area (Å²) >= 11 is 0.707. The van der Waals surface area contributed by atoms with Gasteiger partial charge in [0.05, 0.1) is 42.6 Å². The predicted molar refractivity (Wildman–Crippen MR) is 209 cm³/mol. The first-order chi connectivity index (χ1) is 26.1. The first-order valence-electron chi connectivity index (χ1n) is 17.5. The molecule has 1 unspecified atom stereocenters. The number of carboxylic acid groups (broad SMARTS) is 1. The van der Waals surface area contributed by atoms with Crippen LogP contribution in [0.15, 0.2) is 82.3 Å². The van der Waals surface area contributed by atoms with E-state index < -0.39 is 63.6 Å². The Labute approximate surface area is 338 Å². The van der Waals surface area contributed by atoms with Crippen LogP contribution in [0.5, 0.6) is 0 Å². The fourth-order valence-corrected chi connectivity index (χ4v) is 9.14. The Morgan fingerprint density at radius 3 is 2.19 bits per heavy atom. The maximum atomic E-state index is 11.9. The highest BCUT2D eigenvalue weighted by molar-refractivity contribution is 7.94. The maximum absolute atomic E-state index is 11.9. The fourth-order valence-electron chi connectivity index (χ4n) is 7.28. The van der Waals surface area contributed by atoms with Crippen molar-refractivity contribution >= 4 is 65.5 Å². The number of aliphatic carboxylic acids is 1. The lowest BCUT2D eigenvalue weighted by atomic mass is 9.77. The minimum absolute atomic E-state index is 0. The molecule has 0 saturated carbocycles. The van der Waals surface area contributed by atoms with Gasteiger partial charge < -0.3 is 28.9 Å². The number of fused-ring (bicyclic) bond motifs is 2. The molecule has 2 aromatic carbocycles. The van der Waals surface area contributed by atoms with Crippen molar-refractivity contribution in [1.82, 2.24) is 0 Å². The zero-order valence-corrected chi connectivity index (χ0v) is 34.2. The van der Waals surface area contributed by atoms with Gasteiger partial charge in [-0.25, -0.2) is 25.3 Å². The normalized spacial score (nSPS) is 18.8. The largest absolute Gasteiger partial charge is 0.748 e. The summed E-state index contributed by atoms with van der Waals surface area (Å²) in [5.41, 5.74) is 2.48. The number of carboxylic acids is 1. The van der Waals surface area contributed by atoms with Crippen LogP contribution in [0.3, 0.4) is 0 Å². The average molecular weight is 872 g/mol. The van der Waals surface area contributed by atoms with Gasteiger partial charge in [0.1, 0.15) is 16.7 Å². The lowest BCUT2D eigenvalue weighted by Crippen LogP contribution is -2.30. The minimum Gasteiger partial charge on any atom is -0.748 e. The third-order valence-corrected chi connectivity index (χ3v) is 12.8. The molecule has 0 amide bonds. The van der Waals surface area contributed by atoms with Gasteiger partial charge in [-0.1, -0.05) is 38.5 Å². The summed E-state index contributed by atoms with van der Waals surface area (Å²) in [6.45, 7) is 5.91. The first kappa shape index (κ1) is 47.9. The lowest BCUT2D eigenvalue weighted by molar-refractivity contribution is -0.777. The molecule has 0 saturated heterocycles. The lowest BCUT2D eigenvalue weighted by Gasteiger charge is -2.30. The van der Waals surface area contributed by atoms with Crippen LogP contribution < -0.4 is 10.2 Å². The molecule has 4 rings (SSSR count). The third kappa shape index (κ3) is 12.5. The number of hydrogen-bond acceptors (Lipinski definition) is 15. The van der Waals surface area contributed by atoms with Crippen molar-refractivity contribution in [2.75, 3.05) is 29.5 Å². The summed E-state index contributed by atoms with van der Waals surface area (Å²) < 4.78 is 111. The summed E-state index contributed by atoms with van der Waals surface area (Å²) in [5.74, 6) is -2.10. The molecule has 0 spiro atoms. The van der Waals surface area contributed by atoms with Gasteiger partial charge in [-0.15, -0.1) is 0 Å². The zero-order valence-electron chi connectivity index (χ0n) is 30.9. The van der Waals surface area contributed by atoms with Crippen molar-refractivity contribution in [3.8, 4) is 0 Å². The number of hydrogen-bond donors (Lipinski definition) is 1. The second-order valence-corrected chi connectivity index (χ2v) is 19.4. The molecule has 16 nitrogen and oxygen atoms in total. The molecule has 20 heteroatoms. The van der Waals surface area contributed by atoms with Crippen LogP contribution >= 0.6 is 12.0 Å². The monoisotopic (exact) mass is 871 g/mol. The predicted octanol–water partition coefficient (Wildman–Crippen LogP) is 4.51. The Balaban J connectivity index is 0.00000870. The van der Waals surface area contributed by atoms with Crippen molar-refractivity contribution in [3.63, 3.8) is 0 Å². The molecule has 2 heterocycles. The summed E-state index contributed by atoms with van der Waals surface area (Å²) in [7, 11) is -13.8. The van der Waals surface area contributed by atoms with Crippen LogP contribution in [0, 0.1) is 0 Å². The molecule has 2 aliphatic heterocycles. The van der Waals surface area contributed by atoms with Crippen LogP contribution in [-0.4, -0.2) is 84.9 Å². The number of benzene rings is 2. The Morgan fingerprint density at radius 1 is 0.877 bits per heavy atom. The van der Waals surface area contributed by atoms with Crippen LogP contribution in [0.2, 0.25) is 0 Å². The summed E-state index contributed by atoms with van der Waals surface area (Å²) in [4.78, 5) is 13.2. The second kappa shape index (κ2) is 19.5. The highest BCUT2D eigenvalue weighted by atomic mass is 32.2. The van der Waals surface area contributed by atoms with Gasteiger partial charge in [0.2, 0.25) is 5.69 Å². The van der Waals surface area contributed by atoms with Gasteiger partial charge in [0.15, 0.2) is 5.71 Å². The van der Waals surface area contributed by atoms with Crippen LogP contribution in [0.25, 0.3) is 0 Å². The zero-order chi connectivity index (χ0) is 41.5. The Kier molecular flexibility index (Phi) is 16.4. The molecule has 0 aliphatic carbocycles. The van der Waals surface area contributed by atoms with Crippen molar-refractivity contribution in [3.05, 3.63) is 83.6 Å². The summed E-state index contributed by atoms with van der Waals surface area (Å²) in [6.07, 6.45) is 11.1. The molecule has 0 bridgehead atoms. The fraction of sp³-hybridized carbons (Fsp3) is 0.459. The molecule has 57 heavy (non-hydrogen) atoms. The quantitative estimate of drug-likeness (QED) is 0.0344. The molecule has 2 aromatic rings. The van der Waals surface area contributed by atoms with E-state index >= 15 is 0 Å². The van der Waals surface area contributed by atoms with Gasteiger partial charge in [0.25, 0.3) is 0 Å². The molecule has 1 N–H and O–H groups in total. The van der Waals surface area contributed by atoms with Gasteiger partial charge in [0, 0.05) is 70.3 Å². The molecule has 2 aliphatic rings. The average Bonchev–Trinajstić information content (AvgIpc) is 3.44. The van der Waals surface area contributed by atoms with E-state index in [0.717, 1.165) is 16.9 Å². The number of unbranched alkanes of at least 4 members (excludes halogenated alkanes) is 2. The van der Waals surface area contributed by atoms with Gasteiger partial charge in [-0.05, 0) is 82.0 Å². The molecule has 1 atom stereocenters. The molecule has 0 fully saturated rings. The number of carbonyl (C=O) groups is 1. The Hall–Kier alpha value is -3.44. The molecule has 0 aromatic heterocycles. The van der Waals surface area contributed by atoms with Crippen molar-refractivity contribution < 1.29 is 68.0 Å². The smallest absolute Gasteiger partial charge is 0.303 e. The van der Waals surface area contributed by atoms with E-state index in [-0.39, 0.29) is 39.8 Å². The van der Waals surface area contributed by atoms with Crippen LogP contribution in [0.4, 0.5) is 11.4 Å². The highest BCUT2D eigenvalue weighted by Gasteiger charge is 2.45. The van der Waals surface area contributed by atoms with E-state index in [9.17, 15) is 49.0 Å². The molecule has 0 radical (unpaired) electrons. The standard InChI is InChI=1S/C36H46N2O14S4.CH4/c1-35(2)28-25-27(56(48,49)50)16-18-30(28)37(20-10-22-54(42,43)44)32(35)12-6-4-7-13-33-36(3,19-9-5-8-14-34(39)40)29-24-26(53-52-51-41)15-17-31(29)38(33)21-11-23-55(45,46)47;/h4,6-7,12-13,15-18,24-25H,5,8-11,14,19-23H2,1-3H3,(H4-,39,40,41,42,43,44,45,46,47,48,49,50);1H4/p-3. The molecular weight excluding hydrogens is 825 g/mol. The van der Waals surface area contributed by atoms with Crippen molar-refractivity contribution in [2.45, 2.75) is 93.8 Å². The van der Waals surface area contributed by atoms with E-state index in [0.29, 0.717) is 59.6 Å². The van der Waals surface area contributed by atoms with Gasteiger partial charge >= 0.3 is 5.97 Å². The van der Waals surface area contributed by atoms with Crippen LogP contribution in [0.1, 0.15) is 84.3 Å². The minimum atomic E-state index is -4.78. The van der Waals surface area contributed by atoms with Crippen molar-refractivity contribution in [1.29, 1.82) is 0 Å². The highest BCUT2D eigenvalue weighted by Crippen LogP contribution is 2.52. The maximum Gasteiger partial charge on any atom is 0.303 e. The summed E-state index contributed by atoms with van der Waals surface area (Å²) in [6, 6.07) is 9.27. The van der Waals surface area contributed by atoms with E-state index in [1.807, 2.05) is 37.8 Å². The number of rotatable bonds is 21. The van der Waals surface area contributed by atoms with Gasteiger partial charge in [-0.3, -0.25) is 9.83 Å². The third-order valence-electron chi connectivity index (χ3n) is 9.87. The number of nitrogens with zero attached hydrogens (tertiary/aromatic N) is 2. The van der Waals surface area contributed by atoms with Crippen LogP contribution in [-0.2, 0) is 55.4 Å². The SMILES string of the molecule is C.CC1(C)C(C=CC=CC=C2N(CCCS(=O)(=O)[O-])c3ccc(SOO[O-])cc3C2(C)CCCCCC(=O)O)=[N+](CCCS(=O)(=O)[O-])c2ccc(S(=O)(=O)[O-])cc21. The molecule has 316 valence electrons.